The highest BCUT2D eigenvalue weighted by molar-refractivity contribution is 6.06. The van der Waals surface area contributed by atoms with Crippen molar-refractivity contribution in [2.45, 2.75) is 13.8 Å². The topological polar surface area (TPSA) is 49.3 Å². The lowest BCUT2D eigenvalue weighted by atomic mass is 10.1. The molecule has 2 aromatic carbocycles. The van der Waals surface area contributed by atoms with Crippen LogP contribution in [0.25, 0.3) is 0 Å². The third-order valence-electron chi connectivity index (χ3n) is 2.77. The van der Waals surface area contributed by atoms with Crippen molar-refractivity contribution >= 4 is 11.6 Å². The maximum atomic E-state index is 13.5. The molecule has 2 aromatic rings. The molecule has 0 atom stereocenters. The van der Waals surface area contributed by atoms with Crippen LogP contribution in [-0.2, 0) is 0 Å². The van der Waals surface area contributed by atoms with E-state index in [1.807, 2.05) is 6.92 Å². The molecule has 0 bridgehead atoms. The number of rotatable bonds is 2. The van der Waals surface area contributed by atoms with Crippen LogP contribution in [0.4, 0.5) is 10.1 Å². The Morgan fingerprint density at radius 2 is 1.74 bits per heavy atom. The predicted molar refractivity (Wildman–Crippen MR) is 71.9 cm³/mol. The third kappa shape index (κ3) is 2.91. The SMILES string of the molecule is Cc1ccc(F)c(NC(=O)c2cc(C)ccc2O)c1. The Bertz CT molecular complexity index is 638. The predicted octanol–water partition coefficient (Wildman–Crippen LogP) is 3.40. The van der Waals surface area contributed by atoms with Gasteiger partial charge in [-0.2, -0.15) is 0 Å². The Kier molecular flexibility index (Phi) is 3.51. The van der Waals surface area contributed by atoms with Gasteiger partial charge in [-0.25, -0.2) is 4.39 Å². The zero-order valence-electron chi connectivity index (χ0n) is 10.7. The van der Waals surface area contributed by atoms with Gasteiger partial charge in [0.15, 0.2) is 0 Å². The van der Waals surface area contributed by atoms with Crippen LogP contribution in [0.5, 0.6) is 5.75 Å². The number of phenolic OH excluding ortho intramolecular Hbond substituents is 1. The van der Waals surface area contributed by atoms with Gasteiger partial charge in [-0.05, 0) is 43.7 Å². The quantitative estimate of drug-likeness (QED) is 0.868. The smallest absolute Gasteiger partial charge is 0.259 e. The number of aromatic hydroxyl groups is 1. The minimum Gasteiger partial charge on any atom is -0.507 e. The highest BCUT2D eigenvalue weighted by Gasteiger charge is 2.13. The molecule has 0 radical (unpaired) electrons. The molecule has 98 valence electrons. The molecule has 0 aromatic heterocycles. The Morgan fingerprint density at radius 1 is 1.11 bits per heavy atom. The van der Waals surface area contributed by atoms with E-state index < -0.39 is 11.7 Å². The number of hydrogen-bond acceptors (Lipinski definition) is 2. The summed E-state index contributed by atoms with van der Waals surface area (Å²) >= 11 is 0. The fourth-order valence-corrected chi connectivity index (χ4v) is 1.76. The average molecular weight is 259 g/mol. The van der Waals surface area contributed by atoms with Gasteiger partial charge in [0.05, 0.1) is 11.3 Å². The molecule has 0 aliphatic rings. The van der Waals surface area contributed by atoms with E-state index in [2.05, 4.69) is 5.32 Å². The van der Waals surface area contributed by atoms with E-state index in [0.29, 0.717) is 0 Å². The number of nitrogens with one attached hydrogen (secondary N) is 1. The van der Waals surface area contributed by atoms with Gasteiger partial charge in [0.1, 0.15) is 11.6 Å². The number of aryl methyl sites for hydroxylation is 2. The summed E-state index contributed by atoms with van der Waals surface area (Å²) in [6.45, 7) is 3.61. The summed E-state index contributed by atoms with van der Waals surface area (Å²) in [6, 6.07) is 9.14. The number of phenols is 1. The van der Waals surface area contributed by atoms with E-state index in [0.717, 1.165) is 11.1 Å². The van der Waals surface area contributed by atoms with Crippen LogP contribution in [0.3, 0.4) is 0 Å². The number of amides is 1. The monoisotopic (exact) mass is 259 g/mol. The number of halogens is 1. The summed E-state index contributed by atoms with van der Waals surface area (Å²) in [5.41, 5.74) is 1.91. The van der Waals surface area contributed by atoms with Gasteiger partial charge < -0.3 is 10.4 Å². The zero-order chi connectivity index (χ0) is 14.0. The maximum absolute atomic E-state index is 13.5. The van der Waals surface area contributed by atoms with Crippen molar-refractivity contribution in [3.63, 3.8) is 0 Å². The van der Waals surface area contributed by atoms with Crippen LogP contribution >= 0.6 is 0 Å². The van der Waals surface area contributed by atoms with Gasteiger partial charge >= 0.3 is 0 Å². The number of anilines is 1. The number of hydrogen-bond donors (Lipinski definition) is 2. The molecule has 2 N–H and O–H groups in total. The van der Waals surface area contributed by atoms with Crippen LogP contribution in [-0.4, -0.2) is 11.0 Å². The summed E-state index contributed by atoms with van der Waals surface area (Å²) in [6.07, 6.45) is 0. The fourth-order valence-electron chi connectivity index (χ4n) is 1.76. The van der Waals surface area contributed by atoms with Gasteiger partial charge in [0.2, 0.25) is 0 Å². The Balaban J connectivity index is 2.30. The van der Waals surface area contributed by atoms with E-state index in [4.69, 9.17) is 0 Å². The number of benzene rings is 2. The molecule has 4 heteroatoms. The van der Waals surface area contributed by atoms with Crippen molar-refractivity contribution in [3.8, 4) is 5.75 Å². The Labute approximate surface area is 110 Å². The largest absolute Gasteiger partial charge is 0.507 e. The summed E-state index contributed by atoms with van der Waals surface area (Å²) in [7, 11) is 0. The number of carbonyl (C=O) groups is 1. The average Bonchev–Trinajstić information content (AvgIpc) is 2.36. The minimum atomic E-state index is -0.536. The molecule has 0 saturated carbocycles. The van der Waals surface area contributed by atoms with Gasteiger partial charge in [-0.1, -0.05) is 17.7 Å². The zero-order valence-corrected chi connectivity index (χ0v) is 10.7. The molecule has 0 aliphatic carbocycles. The standard InChI is InChI=1S/C15H14FNO2/c1-9-4-6-14(18)11(7-9)15(19)17-13-8-10(2)3-5-12(13)16/h3-8,18H,1-2H3,(H,17,19). The molecular formula is C15H14FNO2. The number of carbonyl (C=O) groups excluding carboxylic acids is 1. The second kappa shape index (κ2) is 5.10. The second-order valence-corrected chi connectivity index (χ2v) is 4.46. The molecule has 0 heterocycles. The lowest BCUT2D eigenvalue weighted by molar-refractivity contribution is 0.102. The Morgan fingerprint density at radius 3 is 2.47 bits per heavy atom. The van der Waals surface area contributed by atoms with Crippen LogP contribution in [0.1, 0.15) is 21.5 Å². The van der Waals surface area contributed by atoms with Crippen molar-refractivity contribution in [1.82, 2.24) is 0 Å². The maximum Gasteiger partial charge on any atom is 0.259 e. The minimum absolute atomic E-state index is 0.103. The molecule has 0 saturated heterocycles. The van der Waals surface area contributed by atoms with Gasteiger partial charge in [-0.3, -0.25) is 4.79 Å². The second-order valence-electron chi connectivity index (χ2n) is 4.46. The van der Waals surface area contributed by atoms with Crippen molar-refractivity contribution in [3.05, 3.63) is 58.9 Å². The first-order valence-corrected chi connectivity index (χ1v) is 5.84. The molecule has 0 spiro atoms. The highest BCUT2D eigenvalue weighted by atomic mass is 19.1. The fraction of sp³-hybridized carbons (Fsp3) is 0.133. The van der Waals surface area contributed by atoms with Crippen molar-refractivity contribution in [1.29, 1.82) is 0 Å². The highest BCUT2D eigenvalue weighted by Crippen LogP contribution is 2.21. The van der Waals surface area contributed by atoms with E-state index in [-0.39, 0.29) is 17.0 Å². The van der Waals surface area contributed by atoms with Crippen LogP contribution in [0.15, 0.2) is 36.4 Å². The lowest BCUT2D eigenvalue weighted by Gasteiger charge is -2.09. The molecule has 0 aliphatic heterocycles. The molecule has 1 amide bonds. The van der Waals surface area contributed by atoms with Crippen LogP contribution < -0.4 is 5.32 Å². The van der Waals surface area contributed by atoms with Crippen LogP contribution in [0.2, 0.25) is 0 Å². The Hall–Kier alpha value is -2.36. The summed E-state index contributed by atoms with van der Waals surface area (Å²) < 4.78 is 13.5. The van der Waals surface area contributed by atoms with Gasteiger partial charge in [0.25, 0.3) is 5.91 Å². The van der Waals surface area contributed by atoms with E-state index in [9.17, 15) is 14.3 Å². The normalized spacial score (nSPS) is 10.3. The molecule has 0 fully saturated rings. The van der Waals surface area contributed by atoms with Gasteiger partial charge in [0, 0.05) is 0 Å². The summed E-state index contributed by atoms with van der Waals surface area (Å²) in [5.74, 6) is -1.17. The van der Waals surface area contributed by atoms with Crippen molar-refractivity contribution in [2.24, 2.45) is 0 Å². The first-order valence-electron chi connectivity index (χ1n) is 5.84. The summed E-state index contributed by atoms with van der Waals surface area (Å²) in [5, 5.41) is 12.1. The lowest BCUT2D eigenvalue weighted by Crippen LogP contribution is -2.13. The van der Waals surface area contributed by atoms with E-state index >= 15 is 0 Å². The first kappa shape index (κ1) is 13.1. The van der Waals surface area contributed by atoms with Gasteiger partial charge in [-0.15, -0.1) is 0 Å². The molecular weight excluding hydrogens is 245 g/mol. The molecule has 3 nitrogen and oxygen atoms in total. The summed E-state index contributed by atoms with van der Waals surface area (Å²) in [4.78, 5) is 12.0. The van der Waals surface area contributed by atoms with Crippen molar-refractivity contribution < 1.29 is 14.3 Å². The molecule has 0 unspecified atom stereocenters. The first-order chi connectivity index (χ1) is 8.97. The molecule has 2 rings (SSSR count). The molecule has 19 heavy (non-hydrogen) atoms. The van der Waals surface area contributed by atoms with Crippen molar-refractivity contribution in [2.75, 3.05) is 5.32 Å². The van der Waals surface area contributed by atoms with E-state index in [1.54, 1.807) is 31.2 Å². The van der Waals surface area contributed by atoms with E-state index in [1.165, 1.54) is 12.1 Å². The third-order valence-corrected chi connectivity index (χ3v) is 2.77. The van der Waals surface area contributed by atoms with Crippen LogP contribution in [0, 0.1) is 19.7 Å².